The van der Waals surface area contributed by atoms with Crippen LogP contribution >= 0.6 is 0 Å². The smallest absolute Gasteiger partial charge is 0.378 e. The molecule has 0 spiro atoms. The van der Waals surface area contributed by atoms with Crippen LogP contribution in [0.3, 0.4) is 0 Å². The maximum absolute atomic E-state index is 13.2. The van der Waals surface area contributed by atoms with Gasteiger partial charge in [0.1, 0.15) is 0 Å². The number of carbonyl (C=O) groups is 2. The van der Waals surface area contributed by atoms with E-state index in [1.165, 1.54) is 6.07 Å². The molecule has 0 bridgehead atoms. The van der Waals surface area contributed by atoms with Crippen molar-refractivity contribution in [3.05, 3.63) is 35.4 Å². The van der Waals surface area contributed by atoms with Crippen molar-refractivity contribution in [2.24, 2.45) is 11.8 Å². The molecule has 5 nitrogen and oxygen atoms in total. The van der Waals surface area contributed by atoms with E-state index in [0.717, 1.165) is 25.0 Å². The number of ether oxygens (including phenoxy) is 1. The highest BCUT2D eigenvalue weighted by molar-refractivity contribution is 5.84. The molecule has 1 saturated carbocycles. The van der Waals surface area contributed by atoms with E-state index < -0.39 is 17.8 Å². The molecular formula is C21H25F3N2O3. The second-order valence-electron chi connectivity index (χ2n) is 8.12. The topological polar surface area (TPSA) is 49.9 Å². The Balaban J connectivity index is 1.55. The van der Waals surface area contributed by atoms with Crippen LogP contribution in [0.25, 0.3) is 0 Å². The molecule has 2 aliphatic heterocycles. The van der Waals surface area contributed by atoms with Crippen molar-refractivity contribution >= 4 is 11.8 Å². The van der Waals surface area contributed by atoms with Gasteiger partial charge in [-0.2, -0.15) is 13.2 Å². The molecule has 8 heteroatoms. The summed E-state index contributed by atoms with van der Waals surface area (Å²) in [6.07, 6.45) is -1.75. The molecule has 158 valence electrons. The van der Waals surface area contributed by atoms with Gasteiger partial charge in [-0.1, -0.05) is 12.1 Å². The maximum Gasteiger partial charge on any atom is 0.416 e. The molecule has 1 aliphatic carbocycles. The van der Waals surface area contributed by atoms with Gasteiger partial charge >= 0.3 is 6.18 Å². The highest BCUT2D eigenvalue weighted by atomic mass is 19.4. The third-order valence-electron chi connectivity index (χ3n) is 6.06. The van der Waals surface area contributed by atoms with Crippen molar-refractivity contribution in [3.8, 4) is 0 Å². The number of hydrogen-bond donors (Lipinski definition) is 0. The average Bonchev–Trinajstić information content (AvgIpc) is 3.58. The maximum atomic E-state index is 13.2. The monoisotopic (exact) mass is 410 g/mol. The van der Waals surface area contributed by atoms with E-state index in [9.17, 15) is 22.8 Å². The van der Waals surface area contributed by atoms with E-state index in [2.05, 4.69) is 0 Å². The minimum atomic E-state index is -4.43. The molecule has 3 fully saturated rings. The minimum absolute atomic E-state index is 0.0180. The number of morpholine rings is 1. The van der Waals surface area contributed by atoms with E-state index >= 15 is 0 Å². The van der Waals surface area contributed by atoms with Crippen LogP contribution in [0, 0.1) is 11.8 Å². The minimum Gasteiger partial charge on any atom is -0.378 e. The largest absolute Gasteiger partial charge is 0.416 e. The van der Waals surface area contributed by atoms with Crippen molar-refractivity contribution in [1.82, 2.24) is 9.80 Å². The van der Waals surface area contributed by atoms with E-state index in [1.54, 1.807) is 15.9 Å². The number of carbonyl (C=O) groups excluding carboxylic acids is 2. The van der Waals surface area contributed by atoms with E-state index in [4.69, 9.17) is 4.74 Å². The van der Waals surface area contributed by atoms with Crippen LogP contribution in [0.2, 0.25) is 0 Å². The summed E-state index contributed by atoms with van der Waals surface area (Å²) in [5, 5.41) is 0. The van der Waals surface area contributed by atoms with Gasteiger partial charge in [-0.05, 0) is 43.4 Å². The number of amides is 2. The number of halogens is 3. The zero-order valence-electron chi connectivity index (χ0n) is 16.2. The first-order chi connectivity index (χ1) is 13.8. The summed E-state index contributed by atoms with van der Waals surface area (Å²) < 4.78 is 44.8. The summed E-state index contributed by atoms with van der Waals surface area (Å²) in [5.41, 5.74) is -0.216. The predicted molar refractivity (Wildman–Crippen MR) is 98.7 cm³/mol. The van der Waals surface area contributed by atoms with Gasteiger partial charge in [-0.25, -0.2) is 0 Å². The van der Waals surface area contributed by atoms with Crippen LogP contribution in [0.1, 0.15) is 42.9 Å². The Bertz CT molecular complexity index is 773. The lowest BCUT2D eigenvalue weighted by molar-refractivity contribution is -0.146. The standard InChI is InChI=1S/C21H25F3N2O3/c22-21(23,24)17-3-1-2-15(12-17)18-7-6-16(13-26(18)20(28)14-4-5-14)19(27)25-8-10-29-11-9-25/h1-3,12,14,16,18H,4-11,13H2/t16-,18+/m0/s1. The molecule has 2 amide bonds. The fourth-order valence-electron chi connectivity index (χ4n) is 4.29. The molecule has 0 radical (unpaired) electrons. The second kappa shape index (κ2) is 7.97. The zero-order chi connectivity index (χ0) is 20.6. The molecule has 3 aliphatic rings. The van der Waals surface area contributed by atoms with E-state index in [0.29, 0.717) is 44.7 Å². The zero-order valence-corrected chi connectivity index (χ0v) is 16.2. The summed E-state index contributed by atoms with van der Waals surface area (Å²) in [7, 11) is 0. The fourth-order valence-corrected chi connectivity index (χ4v) is 4.29. The van der Waals surface area contributed by atoms with Crippen molar-refractivity contribution in [1.29, 1.82) is 0 Å². The number of likely N-dealkylation sites (tertiary alicyclic amines) is 1. The van der Waals surface area contributed by atoms with Crippen LogP contribution in [0.5, 0.6) is 0 Å². The number of nitrogens with zero attached hydrogens (tertiary/aromatic N) is 2. The SMILES string of the molecule is O=C([C@H]1CC[C@H](c2cccc(C(F)(F)F)c2)N(C(=O)C2CC2)C1)N1CCOCC1. The number of rotatable bonds is 3. The van der Waals surface area contributed by atoms with Crippen LogP contribution in [-0.2, 0) is 20.5 Å². The predicted octanol–water partition coefficient (Wildman–Crippen LogP) is 3.25. The van der Waals surface area contributed by atoms with Gasteiger partial charge in [0.25, 0.3) is 0 Å². The lowest BCUT2D eigenvalue weighted by Crippen LogP contribution is -2.50. The summed E-state index contributed by atoms with van der Waals surface area (Å²) >= 11 is 0. The molecule has 0 unspecified atom stereocenters. The number of benzene rings is 1. The van der Waals surface area contributed by atoms with Gasteiger partial charge in [-0.3, -0.25) is 9.59 Å². The Hall–Kier alpha value is -2.09. The first-order valence-electron chi connectivity index (χ1n) is 10.2. The Morgan fingerprint density at radius 2 is 1.66 bits per heavy atom. The van der Waals surface area contributed by atoms with Crippen molar-refractivity contribution in [2.75, 3.05) is 32.8 Å². The van der Waals surface area contributed by atoms with Crippen molar-refractivity contribution in [3.63, 3.8) is 0 Å². The summed E-state index contributed by atoms with van der Waals surface area (Å²) in [6, 6.07) is 4.81. The Morgan fingerprint density at radius 3 is 2.31 bits per heavy atom. The molecule has 2 saturated heterocycles. The van der Waals surface area contributed by atoms with Gasteiger partial charge in [-0.15, -0.1) is 0 Å². The summed E-state index contributed by atoms with van der Waals surface area (Å²) in [4.78, 5) is 29.3. The van der Waals surface area contributed by atoms with Crippen LogP contribution in [-0.4, -0.2) is 54.5 Å². The van der Waals surface area contributed by atoms with Crippen LogP contribution < -0.4 is 0 Å². The van der Waals surface area contributed by atoms with Gasteiger partial charge in [0.2, 0.25) is 11.8 Å². The van der Waals surface area contributed by atoms with Crippen LogP contribution in [0.4, 0.5) is 13.2 Å². The molecule has 29 heavy (non-hydrogen) atoms. The average molecular weight is 410 g/mol. The summed E-state index contributed by atoms with van der Waals surface area (Å²) in [6.45, 7) is 2.38. The molecule has 0 N–H and O–H groups in total. The first kappa shape index (κ1) is 20.2. The highest BCUT2D eigenvalue weighted by Gasteiger charge is 2.42. The third-order valence-corrected chi connectivity index (χ3v) is 6.06. The number of piperidine rings is 1. The Kier molecular flexibility index (Phi) is 5.55. The Labute approximate surface area is 167 Å². The fraction of sp³-hybridized carbons (Fsp3) is 0.619. The molecule has 4 rings (SSSR count). The number of hydrogen-bond acceptors (Lipinski definition) is 3. The van der Waals surface area contributed by atoms with Gasteiger partial charge in [0, 0.05) is 25.6 Å². The van der Waals surface area contributed by atoms with Gasteiger partial charge in [0.15, 0.2) is 0 Å². The number of alkyl halides is 3. The van der Waals surface area contributed by atoms with Gasteiger partial charge in [0.05, 0.1) is 30.7 Å². The third kappa shape index (κ3) is 4.42. The molecule has 1 aromatic carbocycles. The van der Waals surface area contributed by atoms with E-state index in [-0.39, 0.29) is 30.2 Å². The first-order valence-corrected chi connectivity index (χ1v) is 10.2. The summed E-state index contributed by atoms with van der Waals surface area (Å²) in [5.74, 6) is -0.380. The quantitative estimate of drug-likeness (QED) is 0.769. The second-order valence-corrected chi connectivity index (χ2v) is 8.12. The van der Waals surface area contributed by atoms with Gasteiger partial charge < -0.3 is 14.5 Å². The van der Waals surface area contributed by atoms with Crippen molar-refractivity contribution in [2.45, 2.75) is 37.9 Å². The highest BCUT2D eigenvalue weighted by Crippen LogP contribution is 2.41. The normalized spacial score (nSPS) is 25.8. The molecular weight excluding hydrogens is 385 g/mol. The lowest BCUT2D eigenvalue weighted by atomic mass is 9.87. The molecule has 2 heterocycles. The van der Waals surface area contributed by atoms with E-state index in [1.807, 2.05) is 0 Å². The molecule has 0 aromatic heterocycles. The van der Waals surface area contributed by atoms with Crippen molar-refractivity contribution < 1.29 is 27.5 Å². The lowest BCUT2D eigenvalue weighted by Gasteiger charge is -2.41. The molecule has 2 atom stereocenters. The molecule has 1 aromatic rings. The van der Waals surface area contributed by atoms with Crippen LogP contribution in [0.15, 0.2) is 24.3 Å². The Morgan fingerprint density at radius 1 is 0.966 bits per heavy atom.